The molecule has 110 valence electrons. The van der Waals surface area contributed by atoms with Crippen LogP contribution in [0, 0.1) is 23.0 Å². The third kappa shape index (κ3) is 2.67. The van der Waals surface area contributed by atoms with Crippen molar-refractivity contribution in [2.75, 3.05) is 19.6 Å². The number of hydrogen-bond acceptors (Lipinski definition) is 5. The molecule has 1 aliphatic heterocycles. The number of benzene rings is 1. The van der Waals surface area contributed by atoms with Crippen molar-refractivity contribution in [3.8, 4) is 0 Å². The summed E-state index contributed by atoms with van der Waals surface area (Å²) in [7, 11) is -3.59. The largest absolute Gasteiger partial charge is 0.330 e. The molecule has 0 radical (unpaired) electrons. The predicted octanol–water partition coefficient (Wildman–Crippen LogP) is 0.873. The zero-order chi connectivity index (χ0) is 14.9. The molecule has 2 rings (SSSR count). The maximum Gasteiger partial charge on any atom is 0.272 e. The minimum Gasteiger partial charge on any atom is -0.330 e. The highest BCUT2D eigenvalue weighted by Crippen LogP contribution is 2.27. The molecule has 0 aliphatic carbocycles. The van der Waals surface area contributed by atoms with E-state index in [2.05, 4.69) is 0 Å². The van der Waals surface area contributed by atoms with Gasteiger partial charge in [-0.3, -0.25) is 10.1 Å². The predicted molar refractivity (Wildman–Crippen MR) is 73.8 cm³/mol. The molecule has 1 saturated heterocycles. The van der Waals surface area contributed by atoms with E-state index in [4.69, 9.17) is 5.73 Å². The van der Waals surface area contributed by atoms with Gasteiger partial charge in [-0.05, 0) is 37.9 Å². The zero-order valence-corrected chi connectivity index (χ0v) is 12.0. The molecule has 20 heavy (non-hydrogen) atoms. The molecule has 0 bridgehead atoms. The second kappa shape index (κ2) is 5.47. The lowest BCUT2D eigenvalue weighted by Crippen LogP contribution is -2.30. The Morgan fingerprint density at radius 3 is 2.70 bits per heavy atom. The summed E-state index contributed by atoms with van der Waals surface area (Å²) in [6.45, 7) is 2.85. The monoisotopic (exact) mass is 299 g/mol. The van der Waals surface area contributed by atoms with Gasteiger partial charge in [0.25, 0.3) is 5.69 Å². The van der Waals surface area contributed by atoms with Gasteiger partial charge < -0.3 is 5.73 Å². The van der Waals surface area contributed by atoms with Gasteiger partial charge in [-0.2, -0.15) is 4.31 Å². The highest BCUT2D eigenvalue weighted by Gasteiger charge is 2.32. The van der Waals surface area contributed by atoms with Crippen LogP contribution in [-0.2, 0) is 10.0 Å². The lowest BCUT2D eigenvalue weighted by molar-refractivity contribution is -0.385. The molecular weight excluding hydrogens is 282 g/mol. The van der Waals surface area contributed by atoms with E-state index in [9.17, 15) is 18.5 Å². The number of nitro benzene ring substituents is 1. The smallest absolute Gasteiger partial charge is 0.272 e. The van der Waals surface area contributed by atoms with E-state index in [-0.39, 0.29) is 16.5 Å². The summed E-state index contributed by atoms with van der Waals surface area (Å²) in [6, 6.07) is 3.87. The number of rotatable bonds is 4. The van der Waals surface area contributed by atoms with Gasteiger partial charge in [0.05, 0.1) is 9.82 Å². The summed E-state index contributed by atoms with van der Waals surface area (Å²) in [5.74, 6) is 0.184. The van der Waals surface area contributed by atoms with Crippen molar-refractivity contribution in [2.45, 2.75) is 18.2 Å². The molecule has 1 aromatic carbocycles. The van der Waals surface area contributed by atoms with Crippen molar-refractivity contribution in [2.24, 2.45) is 11.7 Å². The second-order valence-electron chi connectivity index (χ2n) is 4.96. The van der Waals surface area contributed by atoms with Gasteiger partial charge >= 0.3 is 0 Å². The van der Waals surface area contributed by atoms with Crippen molar-refractivity contribution in [1.82, 2.24) is 4.31 Å². The minimum atomic E-state index is -3.59. The second-order valence-corrected chi connectivity index (χ2v) is 6.90. The highest BCUT2D eigenvalue weighted by molar-refractivity contribution is 7.89. The molecule has 0 amide bonds. The Balaban J connectivity index is 2.31. The van der Waals surface area contributed by atoms with Crippen molar-refractivity contribution < 1.29 is 13.3 Å². The number of hydrogen-bond donors (Lipinski definition) is 1. The Hall–Kier alpha value is -1.51. The topological polar surface area (TPSA) is 107 Å². The summed E-state index contributed by atoms with van der Waals surface area (Å²) in [4.78, 5) is 10.3. The van der Waals surface area contributed by atoms with Crippen LogP contribution in [0.5, 0.6) is 0 Å². The fourth-order valence-corrected chi connectivity index (χ4v) is 3.97. The van der Waals surface area contributed by atoms with Crippen molar-refractivity contribution in [1.29, 1.82) is 0 Å². The fourth-order valence-electron chi connectivity index (χ4n) is 2.35. The molecule has 0 spiro atoms. The SMILES string of the molecule is Cc1cc(S(=O)(=O)N2CCC(CN)C2)ccc1[N+](=O)[O-]. The molecular formula is C12H17N3O4S. The Morgan fingerprint density at radius 1 is 1.50 bits per heavy atom. The van der Waals surface area contributed by atoms with Crippen LogP contribution in [0.3, 0.4) is 0 Å². The van der Waals surface area contributed by atoms with E-state index >= 15 is 0 Å². The Kier molecular flexibility index (Phi) is 4.07. The van der Waals surface area contributed by atoms with Crippen LogP contribution < -0.4 is 5.73 Å². The highest BCUT2D eigenvalue weighted by atomic mass is 32.2. The average Bonchev–Trinajstić information content (AvgIpc) is 2.87. The molecule has 7 nitrogen and oxygen atoms in total. The van der Waals surface area contributed by atoms with Gasteiger partial charge in [-0.15, -0.1) is 0 Å². The Bertz CT molecular complexity index is 630. The van der Waals surface area contributed by atoms with Crippen LogP contribution in [0.15, 0.2) is 23.1 Å². The number of aryl methyl sites for hydroxylation is 1. The molecule has 1 aromatic rings. The van der Waals surface area contributed by atoms with Gasteiger partial charge in [-0.25, -0.2) is 8.42 Å². The van der Waals surface area contributed by atoms with Crippen LogP contribution in [0.1, 0.15) is 12.0 Å². The zero-order valence-electron chi connectivity index (χ0n) is 11.2. The summed E-state index contributed by atoms with van der Waals surface area (Å²) in [6.07, 6.45) is 0.752. The number of nitro groups is 1. The van der Waals surface area contributed by atoms with Crippen LogP contribution >= 0.6 is 0 Å². The van der Waals surface area contributed by atoms with Crippen molar-refractivity contribution >= 4 is 15.7 Å². The standard InChI is InChI=1S/C12H17N3O4S/c1-9-6-11(2-3-12(9)15(16)17)20(18,19)14-5-4-10(7-13)8-14/h2-3,6,10H,4-5,7-8,13H2,1H3. The summed E-state index contributed by atoms with van der Waals surface area (Å²) < 4.78 is 26.3. The van der Waals surface area contributed by atoms with Gasteiger partial charge in [0, 0.05) is 24.7 Å². The average molecular weight is 299 g/mol. The maximum atomic E-state index is 12.4. The van der Waals surface area contributed by atoms with Crippen LogP contribution in [0.25, 0.3) is 0 Å². The number of nitrogens with two attached hydrogens (primary N) is 1. The molecule has 1 heterocycles. The number of nitrogens with zero attached hydrogens (tertiary/aromatic N) is 2. The lowest BCUT2D eigenvalue weighted by Gasteiger charge is -2.16. The van der Waals surface area contributed by atoms with Crippen LogP contribution in [0.4, 0.5) is 5.69 Å². The Morgan fingerprint density at radius 2 is 2.20 bits per heavy atom. The van der Waals surface area contributed by atoms with Crippen molar-refractivity contribution in [3.63, 3.8) is 0 Å². The summed E-state index contributed by atoms with van der Waals surface area (Å²) in [5.41, 5.74) is 5.82. The van der Waals surface area contributed by atoms with E-state index < -0.39 is 14.9 Å². The molecule has 0 aromatic heterocycles. The van der Waals surface area contributed by atoms with E-state index in [0.29, 0.717) is 25.2 Å². The first-order valence-corrected chi connectivity index (χ1v) is 7.75. The third-order valence-electron chi connectivity index (χ3n) is 3.58. The number of sulfonamides is 1. The van der Waals surface area contributed by atoms with Crippen LogP contribution in [-0.4, -0.2) is 37.3 Å². The maximum absolute atomic E-state index is 12.4. The first-order chi connectivity index (χ1) is 9.36. The first kappa shape index (κ1) is 14.9. The molecule has 1 unspecified atom stereocenters. The normalized spacial score (nSPS) is 20.2. The molecule has 1 fully saturated rings. The van der Waals surface area contributed by atoms with Crippen LogP contribution in [0.2, 0.25) is 0 Å². The Labute approximate surface area is 117 Å². The quantitative estimate of drug-likeness (QED) is 0.656. The van der Waals surface area contributed by atoms with Gasteiger partial charge in [0.2, 0.25) is 10.0 Å². The summed E-state index contributed by atoms with van der Waals surface area (Å²) in [5, 5.41) is 10.8. The molecule has 0 saturated carbocycles. The van der Waals surface area contributed by atoms with E-state index in [1.807, 2.05) is 0 Å². The molecule has 8 heteroatoms. The molecule has 1 aliphatic rings. The minimum absolute atomic E-state index is 0.0785. The fraction of sp³-hybridized carbons (Fsp3) is 0.500. The van der Waals surface area contributed by atoms with E-state index in [1.165, 1.54) is 29.4 Å². The lowest BCUT2D eigenvalue weighted by atomic mass is 10.1. The van der Waals surface area contributed by atoms with E-state index in [1.54, 1.807) is 0 Å². The first-order valence-electron chi connectivity index (χ1n) is 6.31. The van der Waals surface area contributed by atoms with Gasteiger partial charge in [0.15, 0.2) is 0 Å². The molecule has 1 atom stereocenters. The van der Waals surface area contributed by atoms with E-state index in [0.717, 1.165) is 6.42 Å². The van der Waals surface area contributed by atoms with Crippen molar-refractivity contribution in [3.05, 3.63) is 33.9 Å². The van der Waals surface area contributed by atoms with Gasteiger partial charge in [-0.1, -0.05) is 0 Å². The molecule has 2 N–H and O–H groups in total. The third-order valence-corrected chi connectivity index (χ3v) is 5.45. The van der Waals surface area contributed by atoms with Gasteiger partial charge in [0.1, 0.15) is 0 Å². The summed E-state index contributed by atoms with van der Waals surface area (Å²) >= 11 is 0.